The molecular formula is C24H23B2NO2. The van der Waals surface area contributed by atoms with Crippen LogP contribution in [-0.4, -0.2) is 36.0 Å². The molecule has 1 fully saturated rings. The monoisotopic (exact) mass is 379 g/mol. The van der Waals surface area contributed by atoms with Crippen molar-refractivity contribution in [2.75, 3.05) is 20.3 Å². The van der Waals surface area contributed by atoms with Gasteiger partial charge in [0.05, 0.1) is 34.4 Å². The van der Waals surface area contributed by atoms with Crippen LogP contribution in [0.15, 0.2) is 41.8 Å². The van der Waals surface area contributed by atoms with E-state index in [4.69, 9.17) is 25.2 Å². The van der Waals surface area contributed by atoms with Crippen LogP contribution in [0, 0.1) is 22.7 Å². The molecule has 0 amide bonds. The van der Waals surface area contributed by atoms with Gasteiger partial charge in [0, 0.05) is 13.2 Å². The van der Waals surface area contributed by atoms with Gasteiger partial charge < -0.3 is 9.47 Å². The first kappa shape index (κ1) is 19.9. The van der Waals surface area contributed by atoms with E-state index in [1.54, 1.807) is 13.2 Å². The topological polar surface area (TPSA) is 42.2 Å². The molecule has 1 atom stereocenters. The number of nitriles is 1. The van der Waals surface area contributed by atoms with Crippen molar-refractivity contribution in [1.82, 2.24) is 0 Å². The Morgan fingerprint density at radius 1 is 1.14 bits per heavy atom. The van der Waals surface area contributed by atoms with E-state index < -0.39 is 0 Å². The average Bonchev–Trinajstić information content (AvgIpc) is 3.06. The van der Waals surface area contributed by atoms with Crippen LogP contribution in [0.2, 0.25) is 0 Å². The summed E-state index contributed by atoms with van der Waals surface area (Å²) < 4.78 is 11.0. The van der Waals surface area contributed by atoms with Crippen molar-refractivity contribution in [1.29, 1.82) is 5.26 Å². The Labute approximate surface area is 175 Å². The Bertz CT molecular complexity index is 1010. The number of fused-ring (bicyclic) bond motifs is 1. The van der Waals surface area contributed by atoms with Crippen LogP contribution < -0.4 is 4.74 Å². The van der Waals surface area contributed by atoms with Gasteiger partial charge in [-0.2, -0.15) is 10.6 Å². The predicted octanol–water partition coefficient (Wildman–Crippen LogP) is 4.23. The molecule has 1 unspecified atom stereocenters. The van der Waals surface area contributed by atoms with Crippen molar-refractivity contribution in [3.8, 4) is 22.9 Å². The normalized spacial score (nSPS) is 21.5. The lowest BCUT2D eigenvalue weighted by molar-refractivity contribution is 0.0360. The summed E-state index contributed by atoms with van der Waals surface area (Å²) in [7, 11) is 14.1. The van der Waals surface area contributed by atoms with Crippen LogP contribution in [0.3, 0.4) is 0 Å². The van der Waals surface area contributed by atoms with Crippen molar-refractivity contribution in [3.05, 3.63) is 58.5 Å². The number of ether oxygens (including phenoxy) is 2. The lowest BCUT2D eigenvalue weighted by Gasteiger charge is -2.39. The molecule has 29 heavy (non-hydrogen) atoms. The van der Waals surface area contributed by atoms with Crippen LogP contribution >= 0.6 is 0 Å². The molecule has 2 aliphatic rings. The van der Waals surface area contributed by atoms with Gasteiger partial charge in [-0.15, -0.1) is 0 Å². The number of allylic oxidation sites excluding steroid dienone is 1. The van der Waals surface area contributed by atoms with Gasteiger partial charge in [-0.1, -0.05) is 24.6 Å². The van der Waals surface area contributed by atoms with Gasteiger partial charge in [0.1, 0.15) is 5.75 Å². The summed E-state index contributed by atoms with van der Waals surface area (Å²) in [5.41, 5.74) is 5.90. The Morgan fingerprint density at radius 2 is 1.90 bits per heavy atom. The van der Waals surface area contributed by atoms with Crippen molar-refractivity contribution < 1.29 is 9.47 Å². The summed E-state index contributed by atoms with van der Waals surface area (Å²) in [6, 6.07) is 14.2. The Kier molecular flexibility index (Phi) is 5.32. The maximum atomic E-state index is 9.36. The van der Waals surface area contributed by atoms with Gasteiger partial charge in [0.2, 0.25) is 0 Å². The van der Waals surface area contributed by atoms with Crippen LogP contribution in [0.4, 0.5) is 0 Å². The van der Waals surface area contributed by atoms with Gasteiger partial charge in [-0.05, 0) is 77.1 Å². The number of methoxy groups -OCH3 is 1. The lowest BCUT2D eigenvalue weighted by Crippen LogP contribution is -2.33. The molecule has 1 aliphatic heterocycles. The maximum Gasteiger partial charge on any atom is 0.120 e. The molecule has 4 rings (SSSR count). The fourth-order valence-electron chi connectivity index (χ4n) is 5.05. The second kappa shape index (κ2) is 7.76. The van der Waals surface area contributed by atoms with Crippen LogP contribution in [0.5, 0.6) is 5.75 Å². The first-order valence-corrected chi connectivity index (χ1v) is 10.0. The van der Waals surface area contributed by atoms with E-state index in [-0.39, 0.29) is 5.41 Å². The van der Waals surface area contributed by atoms with Gasteiger partial charge >= 0.3 is 0 Å². The number of benzene rings is 2. The van der Waals surface area contributed by atoms with E-state index in [2.05, 4.69) is 31.2 Å². The molecule has 0 aromatic heterocycles. The van der Waals surface area contributed by atoms with Gasteiger partial charge in [0.25, 0.3) is 0 Å². The fourth-order valence-corrected chi connectivity index (χ4v) is 5.05. The second-order valence-corrected chi connectivity index (χ2v) is 8.25. The van der Waals surface area contributed by atoms with E-state index in [9.17, 15) is 5.26 Å². The largest absolute Gasteiger partial charge is 0.497 e. The number of hydrogen-bond donors (Lipinski definition) is 0. The maximum absolute atomic E-state index is 9.36. The highest BCUT2D eigenvalue weighted by Gasteiger charge is 2.44. The third kappa shape index (κ3) is 3.51. The third-order valence-corrected chi connectivity index (χ3v) is 6.52. The molecule has 2 aromatic carbocycles. The summed E-state index contributed by atoms with van der Waals surface area (Å²) in [5, 5.41) is 9.76. The van der Waals surface area contributed by atoms with E-state index in [0.717, 1.165) is 54.7 Å². The predicted molar refractivity (Wildman–Crippen MR) is 117 cm³/mol. The van der Waals surface area contributed by atoms with Gasteiger partial charge in [-0.25, -0.2) is 0 Å². The van der Waals surface area contributed by atoms with Crippen molar-refractivity contribution >= 4 is 21.3 Å². The molecule has 1 saturated heterocycles. The molecule has 0 spiro atoms. The van der Waals surface area contributed by atoms with Crippen LogP contribution in [0.1, 0.15) is 36.5 Å². The van der Waals surface area contributed by atoms with Crippen LogP contribution in [-0.2, 0) is 11.2 Å². The average molecular weight is 379 g/mol. The fraction of sp³-hybridized carbons (Fsp3) is 0.375. The summed E-state index contributed by atoms with van der Waals surface area (Å²) in [4.78, 5) is 0. The molecule has 1 aliphatic carbocycles. The van der Waals surface area contributed by atoms with E-state index in [1.165, 1.54) is 5.56 Å². The molecule has 3 nitrogen and oxygen atoms in total. The van der Waals surface area contributed by atoms with Crippen molar-refractivity contribution in [3.63, 3.8) is 0 Å². The minimum atomic E-state index is -0.0875. The standard InChI is InChI=1S/C24H23B2NO2/c1-24(19-5-7-29-8-6-19)13-17-4-3-16(12-21(17)22(24)23(25)26)18-9-15(14-27)10-20(11-18)28-2/h3-4,9-12,19H,5-8,13H2,1-2H3. The Balaban J connectivity index is 1.80. The minimum Gasteiger partial charge on any atom is -0.497 e. The smallest absolute Gasteiger partial charge is 0.120 e. The van der Waals surface area contributed by atoms with E-state index in [0.29, 0.717) is 22.6 Å². The highest BCUT2D eigenvalue weighted by atomic mass is 16.5. The third-order valence-electron chi connectivity index (χ3n) is 6.52. The van der Waals surface area contributed by atoms with Gasteiger partial charge in [-0.3, -0.25) is 0 Å². The first-order valence-electron chi connectivity index (χ1n) is 10.0. The number of hydrogen-bond acceptors (Lipinski definition) is 3. The Morgan fingerprint density at radius 3 is 2.55 bits per heavy atom. The zero-order valence-electron chi connectivity index (χ0n) is 17.0. The van der Waals surface area contributed by atoms with Crippen molar-refractivity contribution in [2.24, 2.45) is 11.3 Å². The zero-order chi connectivity index (χ0) is 20.6. The van der Waals surface area contributed by atoms with E-state index >= 15 is 0 Å². The molecule has 1 heterocycles. The SMILES string of the molecule is [B]C([B])=C1c2cc(-c3cc(C#N)cc(OC)c3)ccc2CC1(C)C1CCOCC1. The molecule has 4 radical (unpaired) electrons. The molecule has 0 saturated carbocycles. The van der Waals surface area contributed by atoms with Gasteiger partial charge in [0.15, 0.2) is 0 Å². The minimum absolute atomic E-state index is 0.0875. The second-order valence-electron chi connectivity index (χ2n) is 8.25. The summed E-state index contributed by atoms with van der Waals surface area (Å²) in [5.74, 6) is 1.16. The summed E-state index contributed by atoms with van der Waals surface area (Å²) >= 11 is 0. The molecule has 2 aromatic rings. The molecular weight excluding hydrogens is 356 g/mol. The zero-order valence-corrected chi connectivity index (χ0v) is 17.0. The highest BCUT2D eigenvalue weighted by Crippen LogP contribution is 2.54. The van der Waals surface area contributed by atoms with E-state index in [1.807, 2.05) is 12.1 Å². The highest BCUT2D eigenvalue weighted by molar-refractivity contribution is 6.51. The quantitative estimate of drug-likeness (QED) is 0.750. The first-order chi connectivity index (χ1) is 14.0. The molecule has 0 N–H and O–H groups in total. The summed E-state index contributed by atoms with van der Waals surface area (Å²) in [6.07, 6.45) is 2.98. The molecule has 5 heteroatoms. The molecule has 0 bridgehead atoms. The summed E-state index contributed by atoms with van der Waals surface area (Å²) in [6.45, 7) is 3.87. The lowest BCUT2D eigenvalue weighted by atomic mass is 9.62. The number of nitrogens with zero attached hydrogens (tertiary/aromatic N) is 1. The number of rotatable bonds is 3. The van der Waals surface area contributed by atoms with Crippen LogP contribution in [0.25, 0.3) is 16.7 Å². The Hall–Kier alpha value is -2.44. The van der Waals surface area contributed by atoms with Crippen molar-refractivity contribution in [2.45, 2.75) is 26.2 Å². The molecule has 142 valence electrons.